The maximum atomic E-state index is 9.35. The Morgan fingerprint density at radius 2 is 2.13 bits per heavy atom. The maximum Gasteiger partial charge on any atom is 0.164 e. The van der Waals surface area contributed by atoms with Gasteiger partial charge in [-0.1, -0.05) is 12.1 Å². The zero-order valence-corrected chi connectivity index (χ0v) is 14.1. The summed E-state index contributed by atoms with van der Waals surface area (Å²) in [6, 6.07) is 12.1. The van der Waals surface area contributed by atoms with E-state index < -0.39 is 0 Å². The van der Waals surface area contributed by atoms with E-state index in [1.807, 2.05) is 43.5 Å². The lowest BCUT2D eigenvalue weighted by molar-refractivity contribution is 0.184. The number of methoxy groups -OCH3 is 1. The number of nitriles is 1. The van der Waals surface area contributed by atoms with Crippen molar-refractivity contribution in [1.82, 2.24) is 4.98 Å². The molecular weight excluding hydrogens is 308 g/mol. The Bertz CT molecular complexity index is 735. The number of thioether (sulfide) groups is 1. The predicted molar refractivity (Wildman–Crippen MR) is 93.8 cm³/mol. The van der Waals surface area contributed by atoms with Gasteiger partial charge in [0.2, 0.25) is 0 Å². The van der Waals surface area contributed by atoms with Crippen LogP contribution in [0.25, 0.3) is 0 Å². The van der Waals surface area contributed by atoms with E-state index in [9.17, 15) is 5.26 Å². The molecule has 0 spiro atoms. The molecule has 23 heavy (non-hydrogen) atoms. The largest absolute Gasteiger partial charge is 0.380 e. The van der Waals surface area contributed by atoms with Gasteiger partial charge in [-0.05, 0) is 36.9 Å². The highest BCUT2D eigenvalue weighted by atomic mass is 32.2. The van der Waals surface area contributed by atoms with Crippen molar-refractivity contribution < 1.29 is 4.74 Å². The van der Waals surface area contributed by atoms with Gasteiger partial charge in [-0.25, -0.2) is 4.98 Å². The molecule has 118 valence electrons. The van der Waals surface area contributed by atoms with Crippen molar-refractivity contribution in [3.63, 3.8) is 0 Å². The van der Waals surface area contributed by atoms with E-state index in [4.69, 9.17) is 4.74 Å². The van der Waals surface area contributed by atoms with Crippen LogP contribution in [0.2, 0.25) is 0 Å². The van der Waals surface area contributed by atoms with Gasteiger partial charge in [-0.3, -0.25) is 5.43 Å². The van der Waals surface area contributed by atoms with Gasteiger partial charge in [0.15, 0.2) is 5.82 Å². The van der Waals surface area contributed by atoms with Crippen molar-refractivity contribution >= 4 is 23.8 Å². The molecule has 0 unspecified atom stereocenters. The number of anilines is 1. The van der Waals surface area contributed by atoms with Gasteiger partial charge in [-0.2, -0.15) is 10.4 Å². The molecule has 1 aromatic heterocycles. The summed E-state index contributed by atoms with van der Waals surface area (Å²) in [5.41, 5.74) is 5.88. The molecule has 0 aliphatic rings. The van der Waals surface area contributed by atoms with Crippen molar-refractivity contribution in [3.05, 3.63) is 52.7 Å². The Balaban J connectivity index is 2.18. The number of aryl methyl sites for hydroxylation is 1. The molecule has 6 heteroatoms. The molecule has 1 N–H and O–H groups in total. The molecular formula is C17H18N4OS. The highest BCUT2D eigenvalue weighted by Gasteiger charge is 2.10. The minimum atomic E-state index is 0.362. The van der Waals surface area contributed by atoms with E-state index in [0.29, 0.717) is 18.0 Å². The van der Waals surface area contributed by atoms with Gasteiger partial charge in [0.05, 0.1) is 12.8 Å². The Labute approximate surface area is 140 Å². The molecule has 0 fully saturated rings. The average molecular weight is 326 g/mol. The summed E-state index contributed by atoms with van der Waals surface area (Å²) in [5, 5.41) is 13.5. The number of hydrogen-bond acceptors (Lipinski definition) is 6. The van der Waals surface area contributed by atoms with E-state index in [1.54, 1.807) is 25.1 Å². The first-order valence-corrected chi connectivity index (χ1v) is 8.23. The molecule has 1 heterocycles. The van der Waals surface area contributed by atoms with Gasteiger partial charge in [-0.15, -0.1) is 11.8 Å². The van der Waals surface area contributed by atoms with Crippen molar-refractivity contribution in [2.24, 2.45) is 5.10 Å². The quantitative estimate of drug-likeness (QED) is 0.499. The lowest BCUT2D eigenvalue weighted by atomic mass is 10.1. The summed E-state index contributed by atoms with van der Waals surface area (Å²) in [6.07, 6.45) is 3.74. The van der Waals surface area contributed by atoms with Crippen LogP contribution < -0.4 is 5.43 Å². The predicted octanol–water partition coefficient (Wildman–Crippen LogP) is 3.58. The number of hydrogen-bond donors (Lipinski definition) is 1. The molecule has 0 radical (unpaired) electrons. The van der Waals surface area contributed by atoms with Crippen LogP contribution in [0.15, 0.2) is 40.3 Å². The minimum Gasteiger partial charge on any atom is -0.380 e. The number of nitrogens with zero attached hydrogens (tertiary/aromatic N) is 3. The molecule has 0 aliphatic carbocycles. The van der Waals surface area contributed by atoms with Gasteiger partial charge in [0, 0.05) is 23.3 Å². The van der Waals surface area contributed by atoms with Crippen LogP contribution in [-0.2, 0) is 11.3 Å². The van der Waals surface area contributed by atoms with Crippen molar-refractivity contribution in [2.75, 3.05) is 18.8 Å². The SMILES string of the molecule is COCc1cc(C)nc(N/N=C\c2ccc(SC)cc2)c1C#N. The molecule has 0 saturated carbocycles. The molecule has 5 nitrogen and oxygen atoms in total. The van der Waals surface area contributed by atoms with E-state index in [0.717, 1.165) is 16.8 Å². The summed E-state index contributed by atoms with van der Waals surface area (Å²) < 4.78 is 5.13. The van der Waals surface area contributed by atoms with Crippen LogP contribution in [-0.4, -0.2) is 24.6 Å². The molecule has 0 amide bonds. The van der Waals surface area contributed by atoms with E-state index in [1.165, 1.54) is 4.90 Å². The molecule has 2 rings (SSSR count). The first-order valence-electron chi connectivity index (χ1n) is 7.00. The van der Waals surface area contributed by atoms with Gasteiger partial charge < -0.3 is 4.74 Å². The number of hydrazone groups is 1. The lowest BCUT2D eigenvalue weighted by Gasteiger charge is -2.09. The van der Waals surface area contributed by atoms with Crippen LogP contribution in [0.5, 0.6) is 0 Å². The van der Waals surface area contributed by atoms with E-state index in [-0.39, 0.29) is 0 Å². The topological polar surface area (TPSA) is 70.3 Å². The first-order chi connectivity index (χ1) is 11.2. The van der Waals surface area contributed by atoms with Gasteiger partial charge >= 0.3 is 0 Å². The summed E-state index contributed by atoms with van der Waals surface area (Å²) in [4.78, 5) is 5.54. The monoisotopic (exact) mass is 326 g/mol. The standard InChI is InChI=1S/C17H18N4OS/c1-12-8-14(11-22-2)16(9-18)17(20-12)21-19-10-13-4-6-15(23-3)7-5-13/h4-8,10H,11H2,1-3H3,(H,20,21)/b19-10-. The van der Waals surface area contributed by atoms with Crippen molar-refractivity contribution in [3.8, 4) is 6.07 Å². The van der Waals surface area contributed by atoms with Crippen LogP contribution in [0.4, 0.5) is 5.82 Å². The van der Waals surface area contributed by atoms with Crippen LogP contribution in [0, 0.1) is 18.3 Å². The number of ether oxygens (including phenoxy) is 1. The third-order valence-corrected chi connectivity index (χ3v) is 3.88. The number of benzene rings is 1. The van der Waals surface area contributed by atoms with Crippen molar-refractivity contribution in [1.29, 1.82) is 5.26 Å². The Hall–Kier alpha value is -2.36. The van der Waals surface area contributed by atoms with Crippen LogP contribution in [0.3, 0.4) is 0 Å². The number of pyridine rings is 1. The second kappa shape index (κ2) is 8.32. The summed E-state index contributed by atoms with van der Waals surface area (Å²) in [6.45, 7) is 2.23. The molecule has 0 saturated heterocycles. The zero-order chi connectivity index (χ0) is 16.7. The smallest absolute Gasteiger partial charge is 0.164 e. The summed E-state index contributed by atoms with van der Waals surface area (Å²) in [7, 11) is 1.60. The highest BCUT2D eigenvalue weighted by molar-refractivity contribution is 7.98. The maximum absolute atomic E-state index is 9.35. The third kappa shape index (κ3) is 4.55. The fraction of sp³-hybridized carbons (Fsp3) is 0.235. The molecule has 0 aliphatic heterocycles. The van der Waals surface area contributed by atoms with Gasteiger partial charge in [0.1, 0.15) is 11.6 Å². The Morgan fingerprint density at radius 1 is 1.39 bits per heavy atom. The molecule has 2 aromatic rings. The first kappa shape index (κ1) is 17.0. The second-order valence-electron chi connectivity index (χ2n) is 4.83. The second-order valence-corrected chi connectivity index (χ2v) is 5.71. The molecule has 0 bridgehead atoms. The van der Waals surface area contributed by atoms with Gasteiger partial charge in [0.25, 0.3) is 0 Å². The average Bonchev–Trinajstić information content (AvgIpc) is 2.55. The number of rotatable bonds is 6. The Morgan fingerprint density at radius 3 is 2.74 bits per heavy atom. The lowest BCUT2D eigenvalue weighted by Crippen LogP contribution is -2.03. The zero-order valence-electron chi connectivity index (χ0n) is 13.3. The van der Waals surface area contributed by atoms with E-state index >= 15 is 0 Å². The highest BCUT2D eigenvalue weighted by Crippen LogP contribution is 2.19. The fourth-order valence-corrected chi connectivity index (χ4v) is 2.48. The summed E-state index contributed by atoms with van der Waals surface area (Å²) in [5.74, 6) is 0.441. The fourth-order valence-electron chi connectivity index (χ4n) is 2.07. The normalized spacial score (nSPS) is 10.7. The molecule has 0 atom stereocenters. The Kier molecular flexibility index (Phi) is 6.15. The van der Waals surface area contributed by atoms with Crippen LogP contribution >= 0.6 is 11.8 Å². The third-order valence-electron chi connectivity index (χ3n) is 3.14. The minimum absolute atomic E-state index is 0.362. The van der Waals surface area contributed by atoms with Crippen LogP contribution in [0.1, 0.15) is 22.4 Å². The number of aromatic nitrogens is 1. The molecule has 1 aromatic carbocycles. The van der Waals surface area contributed by atoms with Crippen molar-refractivity contribution in [2.45, 2.75) is 18.4 Å². The van der Waals surface area contributed by atoms with E-state index in [2.05, 4.69) is 21.6 Å². The summed E-state index contributed by atoms with van der Waals surface area (Å²) >= 11 is 1.69. The number of nitrogens with one attached hydrogen (secondary N) is 1.